The molecular weight excluding hydrogens is 318 g/mol. The molecule has 1 saturated heterocycles. The highest BCUT2D eigenvalue weighted by Gasteiger charge is 2.28. The van der Waals surface area contributed by atoms with Gasteiger partial charge in [-0.3, -0.25) is 0 Å². The predicted octanol–water partition coefficient (Wildman–Crippen LogP) is 2.09. The van der Waals surface area contributed by atoms with Crippen molar-refractivity contribution in [2.45, 2.75) is 31.1 Å². The number of methoxy groups -OCH3 is 1. The van der Waals surface area contributed by atoms with Crippen LogP contribution >= 0.6 is 0 Å². The average molecular weight is 337 g/mol. The van der Waals surface area contributed by atoms with E-state index in [2.05, 4.69) is 10.1 Å². The number of hydrogen-bond acceptors (Lipinski definition) is 6. The number of aromatic nitrogens is 2. The van der Waals surface area contributed by atoms with Gasteiger partial charge in [-0.15, -0.1) is 0 Å². The summed E-state index contributed by atoms with van der Waals surface area (Å²) in [5.74, 6) is 1.33. The van der Waals surface area contributed by atoms with Crippen molar-refractivity contribution in [2.75, 3.05) is 20.2 Å². The van der Waals surface area contributed by atoms with Crippen molar-refractivity contribution >= 4 is 10.0 Å². The highest BCUT2D eigenvalue weighted by molar-refractivity contribution is 7.89. The van der Waals surface area contributed by atoms with Gasteiger partial charge in [-0.25, -0.2) is 8.42 Å². The maximum atomic E-state index is 12.7. The highest BCUT2D eigenvalue weighted by Crippen LogP contribution is 2.32. The standard InChI is InChI=1S/C15H19N3O4S/c1-3-14-16-15(17-22-14)12-10-11(6-7-13(12)21-2)23(19,20)18-8-4-5-9-18/h6-7,10H,3-5,8-9H2,1-2H3. The number of hydrogen-bond donors (Lipinski definition) is 0. The Morgan fingerprint density at radius 2 is 2.04 bits per heavy atom. The van der Waals surface area contributed by atoms with Crippen LogP contribution in [0.3, 0.4) is 0 Å². The van der Waals surface area contributed by atoms with Crippen LogP contribution in [0.5, 0.6) is 5.75 Å². The molecule has 0 bridgehead atoms. The molecule has 0 unspecified atom stereocenters. The second-order valence-electron chi connectivity index (χ2n) is 5.34. The Morgan fingerprint density at radius 1 is 1.30 bits per heavy atom. The first-order chi connectivity index (χ1) is 11.1. The zero-order valence-corrected chi connectivity index (χ0v) is 14.0. The lowest BCUT2D eigenvalue weighted by Crippen LogP contribution is -2.27. The minimum absolute atomic E-state index is 0.220. The van der Waals surface area contributed by atoms with Gasteiger partial charge in [0.2, 0.25) is 21.7 Å². The van der Waals surface area contributed by atoms with E-state index in [1.807, 2.05) is 6.92 Å². The summed E-state index contributed by atoms with van der Waals surface area (Å²) in [6.07, 6.45) is 2.40. The summed E-state index contributed by atoms with van der Waals surface area (Å²) in [4.78, 5) is 4.48. The number of aryl methyl sites for hydroxylation is 1. The van der Waals surface area contributed by atoms with Gasteiger partial charge in [-0.1, -0.05) is 12.1 Å². The lowest BCUT2D eigenvalue weighted by atomic mass is 10.2. The lowest BCUT2D eigenvalue weighted by Gasteiger charge is -2.16. The third kappa shape index (κ3) is 2.96. The van der Waals surface area contributed by atoms with Crippen LogP contribution < -0.4 is 4.74 Å². The van der Waals surface area contributed by atoms with Crippen LogP contribution in [0, 0.1) is 0 Å². The molecule has 0 aliphatic carbocycles. The van der Waals surface area contributed by atoms with E-state index in [0.717, 1.165) is 12.8 Å². The van der Waals surface area contributed by atoms with Gasteiger partial charge in [0.05, 0.1) is 17.6 Å². The normalized spacial score (nSPS) is 15.9. The van der Waals surface area contributed by atoms with Crippen LogP contribution in [0.2, 0.25) is 0 Å². The van der Waals surface area contributed by atoms with Gasteiger partial charge in [0.15, 0.2) is 0 Å². The first-order valence-corrected chi connectivity index (χ1v) is 9.01. The van der Waals surface area contributed by atoms with Gasteiger partial charge in [0, 0.05) is 19.5 Å². The molecule has 0 saturated carbocycles. The molecule has 0 radical (unpaired) electrons. The van der Waals surface area contributed by atoms with E-state index in [0.29, 0.717) is 42.5 Å². The summed E-state index contributed by atoms with van der Waals surface area (Å²) >= 11 is 0. The molecule has 1 aliphatic rings. The van der Waals surface area contributed by atoms with Gasteiger partial charge in [0.25, 0.3) is 0 Å². The topological polar surface area (TPSA) is 85.5 Å². The van der Waals surface area contributed by atoms with Crippen LogP contribution in [0.4, 0.5) is 0 Å². The van der Waals surface area contributed by atoms with Crippen molar-refractivity contribution < 1.29 is 17.7 Å². The molecule has 1 aromatic heterocycles. The lowest BCUT2D eigenvalue weighted by molar-refractivity contribution is 0.382. The van der Waals surface area contributed by atoms with Crippen molar-refractivity contribution in [2.24, 2.45) is 0 Å². The summed E-state index contributed by atoms with van der Waals surface area (Å²) in [5, 5.41) is 3.91. The Bertz CT molecular complexity index is 795. The van der Waals surface area contributed by atoms with E-state index < -0.39 is 10.0 Å². The van der Waals surface area contributed by atoms with E-state index in [4.69, 9.17) is 9.26 Å². The van der Waals surface area contributed by atoms with Crippen molar-refractivity contribution in [3.8, 4) is 17.1 Å². The van der Waals surface area contributed by atoms with Crippen molar-refractivity contribution in [3.63, 3.8) is 0 Å². The summed E-state index contributed by atoms with van der Waals surface area (Å²) in [7, 11) is -1.98. The molecule has 3 rings (SSSR count). The first kappa shape index (κ1) is 15.9. The fourth-order valence-electron chi connectivity index (χ4n) is 2.61. The third-order valence-corrected chi connectivity index (χ3v) is 5.78. The Kier molecular flexibility index (Phi) is 4.36. The van der Waals surface area contributed by atoms with E-state index in [9.17, 15) is 8.42 Å². The molecule has 0 amide bonds. The zero-order chi connectivity index (χ0) is 16.4. The number of ether oxygens (including phenoxy) is 1. The molecule has 1 fully saturated rings. The van der Waals surface area contributed by atoms with E-state index in [1.165, 1.54) is 11.4 Å². The molecule has 8 heteroatoms. The van der Waals surface area contributed by atoms with Crippen LogP contribution in [-0.2, 0) is 16.4 Å². The Balaban J connectivity index is 2.05. The molecule has 1 aromatic carbocycles. The number of benzene rings is 1. The minimum atomic E-state index is -3.50. The molecule has 124 valence electrons. The van der Waals surface area contributed by atoms with Crippen LogP contribution in [-0.4, -0.2) is 43.1 Å². The molecule has 1 aliphatic heterocycles. The van der Waals surface area contributed by atoms with Crippen molar-refractivity contribution in [3.05, 3.63) is 24.1 Å². The zero-order valence-electron chi connectivity index (χ0n) is 13.2. The molecule has 23 heavy (non-hydrogen) atoms. The van der Waals surface area contributed by atoms with Crippen LogP contribution in [0.1, 0.15) is 25.7 Å². The summed E-state index contributed by atoms with van der Waals surface area (Å²) in [6.45, 7) is 3.03. The smallest absolute Gasteiger partial charge is 0.243 e. The SMILES string of the molecule is CCc1nc(-c2cc(S(=O)(=O)N3CCCC3)ccc2OC)no1. The predicted molar refractivity (Wildman–Crippen MR) is 83.7 cm³/mol. The third-order valence-electron chi connectivity index (χ3n) is 3.89. The quantitative estimate of drug-likeness (QED) is 0.830. The molecule has 2 heterocycles. The Hall–Kier alpha value is -1.93. The maximum absolute atomic E-state index is 12.7. The summed E-state index contributed by atoms with van der Waals surface area (Å²) in [5.41, 5.74) is 0.510. The van der Waals surface area contributed by atoms with Gasteiger partial charge < -0.3 is 9.26 Å². The summed E-state index contributed by atoms with van der Waals surface area (Å²) in [6, 6.07) is 4.73. The molecule has 0 N–H and O–H groups in total. The Labute approximate surface area is 135 Å². The van der Waals surface area contributed by atoms with Crippen molar-refractivity contribution in [1.82, 2.24) is 14.4 Å². The van der Waals surface area contributed by atoms with Crippen LogP contribution in [0.25, 0.3) is 11.4 Å². The molecule has 7 nitrogen and oxygen atoms in total. The second-order valence-corrected chi connectivity index (χ2v) is 7.28. The van der Waals surface area contributed by atoms with Gasteiger partial charge in [-0.2, -0.15) is 9.29 Å². The fourth-order valence-corrected chi connectivity index (χ4v) is 4.15. The van der Waals surface area contributed by atoms with E-state index >= 15 is 0 Å². The maximum Gasteiger partial charge on any atom is 0.243 e. The molecule has 2 aromatic rings. The molecule has 0 atom stereocenters. The van der Waals surface area contributed by atoms with Gasteiger partial charge >= 0.3 is 0 Å². The number of rotatable bonds is 5. The highest BCUT2D eigenvalue weighted by atomic mass is 32.2. The summed E-state index contributed by atoms with van der Waals surface area (Å²) < 4.78 is 37.3. The number of nitrogens with zero attached hydrogens (tertiary/aromatic N) is 3. The van der Waals surface area contributed by atoms with Gasteiger partial charge in [0.1, 0.15) is 5.75 Å². The van der Waals surface area contributed by atoms with Crippen LogP contribution in [0.15, 0.2) is 27.6 Å². The fraction of sp³-hybridized carbons (Fsp3) is 0.467. The first-order valence-electron chi connectivity index (χ1n) is 7.57. The van der Waals surface area contributed by atoms with E-state index in [-0.39, 0.29) is 4.90 Å². The monoisotopic (exact) mass is 337 g/mol. The molecule has 0 spiro atoms. The molecular formula is C15H19N3O4S. The Morgan fingerprint density at radius 3 is 2.65 bits per heavy atom. The largest absolute Gasteiger partial charge is 0.496 e. The minimum Gasteiger partial charge on any atom is -0.496 e. The van der Waals surface area contributed by atoms with E-state index in [1.54, 1.807) is 18.2 Å². The second kappa shape index (κ2) is 6.29. The van der Waals surface area contributed by atoms with Crippen molar-refractivity contribution in [1.29, 1.82) is 0 Å². The van der Waals surface area contributed by atoms with Gasteiger partial charge in [-0.05, 0) is 31.0 Å². The number of sulfonamides is 1. The average Bonchev–Trinajstić information content (AvgIpc) is 3.25.